The van der Waals surface area contributed by atoms with Crippen LogP contribution in [0.1, 0.15) is 40.9 Å². The lowest BCUT2D eigenvalue weighted by Crippen LogP contribution is -2.29. The molecule has 1 amide bonds. The molecule has 0 atom stereocenters. The van der Waals surface area contributed by atoms with E-state index in [1.807, 2.05) is 19.1 Å². The molecule has 116 valence electrons. The second kappa shape index (κ2) is 6.26. The molecule has 2 heterocycles. The van der Waals surface area contributed by atoms with Gasteiger partial charge in [0.25, 0.3) is 5.91 Å². The maximum absolute atomic E-state index is 12.3. The summed E-state index contributed by atoms with van der Waals surface area (Å²) in [5.41, 5.74) is 3.53. The Morgan fingerprint density at radius 1 is 1.09 bits per heavy atom. The Hall–Kier alpha value is -2.23. The monoisotopic (exact) mass is 298 g/mol. The van der Waals surface area contributed by atoms with Gasteiger partial charge >= 0.3 is 0 Å². The molecule has 0 aliphatic carbocycles. The van der Waals surface area contributed by atoms with Crippen LogP contribution in [0.4, 0.5) is 11.4 Å². The first-order chi connectivity index (χ1) is 10.6. The number of nitrogens with zero attached hydrogens (tertiary/aromatic N) is 1. The Kier molecular flexibility index (Phi) is 4.18. The van der Waals surface area contributed by atoms with Crippen molar-refractivity contribution in [3.63, 3.8) is 0 Å². The highest BCUT2D eigenvalue weighted by atomic mass is 16.3. The number of piperidine rings is 1. The van der Waals surface area contributed by atoms with Crippen LogP contribution in [-0.4, -0.2) is 19.0 Å². The van der Waals surface area contributed by atoms with Crippen LogP contribution < -0.4 is 10.2 Å². The standard InChI is InChI=1S/C18H22N2O2/c1-13-12-22-14(2)17(13)18(21)19-15-6-8-16(9-7-15)20-10-4-3-5-11-20/h6-9,12H,3-5,10-11H2,1-2H3,(H,19,21). The van der Waals surface area contributed by atoms with E-state index < -0.39 is 0 Å². The van der Waals surface area contributed by atoms with E-state index in [-0.39, 0.29) is 5.91 Å². The van der Waals surface area contributed by atoms with E-state index >= 15 is 0 Å². The SMILES string of the molecule is Cc1coc(C)c1C(=O)Nc1ccc(N2CCCCC2)cc1. The van der Waals surface area contributed by atoms with Gasteiger partial charge in [-0.25, -0.2) is 0 Å². The summed E-state index contributed by atoms with van der Waals surface area (Å²) in [6, 6.07) is 8.09. The Labute approximate surface area is 131 Å². The van der Waals surface area contributed by atoms with Crippen LogP contribution in [0, 0.1) is 13.8 Å². The van der Waals surface area contributed by atoms with Crippen molar-refractivity contribution >= 4 is 17.3 Å². The molecule has 4 nitrogen and oxygen atoms in total. The molecule has 1 aliphatic rings. The van der Waals surface area contributed by atoms with Gasteiger partial charge in [-0.05, 0) is 57.4 Å². The maximum Gasteiger partial charge on any atom is 0.259 e. The number of carbonyl (C=O) groups excluding carboxylic acids is 1. The summed E-state index contributed by atoms with van der Waals surface area (Å²) in [5, 5.41) is 2.94. The predicted octanol–water partition coefficient (Wildman–Crippen LogP) is 4.14. The van der Waals surface area contributed by atoms with Crippen LogP contribution in [0.3, 0.4) is 0 Å². The predicted molar refractivity (Wildman–Crippen MR) is 88.6 cm³/mol. The van der Waals surface area contributed by atoms with Gasteiger partial charge in [-0.3, -0.25) is 4.79 Å². The fourth-order valence-electron chi connectivity index (χ4n) is 3.01. The average Bonchev–Trinajstić information content (AvgIpc) is 2.88. The summed E-state index contributed by atoms with van der Waals surface area (Å²) >= 11 is 0. The van der Waals surface area contributed by atoms with E-state index in [2.05, 4.69) is 22.3 Å². The summed E-state index contributed by atoms with van der Waals surface area (Å²) in [6.45, 7) is 5.93. The van der Waals surface area contributed by atoms with E-state index in [9.17, 15) is 4.79 Å². The minimum absolute atomic E-state index is 0.116. The minimum atomic E-state index is -0.116. The van der Waals surface area contributed by atoms with Crippen molar-refractivity contribution in [3.05, 3.63) is 47.4 Å². The zero-order valence-electron chi connectivity index (χ0n) is 13.2. The van der Waals surface area contributed by atoms with Gasteiger partial charge < -0.3 is 14.6 Å². The summed E-state index contributed by atoms with van der Waals surface area (Å²) < 4.78 is 5.29. The van der Waals surface area contributed by atoms with Crippen LogP contribution in [0.5, 0.6) is 0 Å². The third kappa shape index (κ3) is 3.01. The third-order valence-electron chi connectivity index (χ3n) is 4.23. The molecule has 1 fully saturated rings. The molecular weight excluding hydrogens is 276 g/mol. The van der Waals surface area contributed by atoms with Crippen molar-refractivity contribution < 1.29 is 9.21 Å². The number of carbonyl (C=O) groups is 1. The topological polar surface area (TPSA) is 45.5 Å². The Morgan fingerprint density at radius 3 is 2.36 bits per heavy atom. The van der Waals surface area contributed by atoms with E-state index in [1.165, 1.54) is 24.9 Å². The van der Waals surface area contributed by atoms with Gasteiger partial charge in [0.2, 0.25) is 0 Å². The molecule has 0 saturated carbocycles. The van der Waals surface area contributed by atoms with Crippen molar-refractivity contribution in [2.45, 2.75) is 33.1 Å². The van der Waals surface area contributed by atoms with Crippen LogP contribution in [0.2, 0.25) is 0 Å². The first-order valence-corrected chi connectivity index (χ1v) is 7.86. The van der Waals surface area contributed by atoms with Crippen LogP contribution in [0.25, 0.3) is 0 Å². The Bertz CT molecular complexity index is 633. The van der Waals surface area contributed by atoms with Crippen molar-refractivity contribution in [3.8, 4) is 0 Å². The molecule has 4 heteroatoms. The number of hydrogen-bond acceptors (Lipinski definition) is 3. The molecule has 0 spiro atoms. The Balaban J connectivity index is 1.69. The molecule has 22 heavy (non-hydrogen) atoms. The smallest absolute Gasteiger partial charge is 0.259 e. The van der Waals surface area contributed by atoms with Crippen molar-refractivity contribution in [1.29, 1.82) is 0 Å². The van der Waals surface area contributed by atoms with Gasteiger partial charge in [0.15, 0.2) is 0 Å². The molecule has 1 aromatic heterocycles. The lowest BCUT2D eigenvalue weighted by molar-refractivity contribution is 0.102. The molecule has 2 aromatic rings. The van der Waals surface area contributed by atoms with Gasteiger partial charge in [-0.15, -0.1) is 0 Å². The van der Waals surface area contributed by atoms with Crippen molar-refractivity contribution in [1.82, 2.24) is 0 Å². The van der Waals surface area contributed by atoms with E-state index in [0.717, 1.165) is 24.3 Å². The molecule has 1 N–H and O–H groups in total. The highest BCUT2D eigenvalue weighted by Crippen LogP contribution is 2.23. The summed E-state index contributed by atoms with van der Waals surface area (Å²) in [5.74, 6) is 0.536. The van der Waals surface area contributed by atoms with Crippen LogP contribution in [-0.2, 0) is 0 Å². The number of nitrogens with one attached hydrogen (secondary N) is 1. The van der Waals surface area contributed by atoms with Crippen molar-refractivity contribution in [2.75, 3.05) is 23.3 Å². The number of amides is 1. The summed E-state index contributed by atoms with van der Waals surface area (Å²) in [4.78, 5) is 14.7. The minimum Gasteiger partial charge on any atom is -0.469 e. The molecule has 3 rings (SSSR count). The number of furan rings is 1. The molecule has 1 aromatic carbocycles. The number of hydrogen-bond donors (Lipinski definition) is 1. The Morgan fingerprint density at radius 2 is 1.77 bits per heavy atom. The average molecular weight is 298 g/mol. The number of benzene rings is 1. The highest BCUT2D eigenvalue weighted by Gasteiger charge is 2.16. The quantitative estimate of drug-likeness (QED) is 0.926. The van der Waals surface area contributed by atoms with E-state index in [1.54, 1.807) is 13.2 Å². The van der Waals surface area contributed by atoms with E-state index in [0.29, 0.717) is 11.3 Å². The zero-order valence-corrected chi connectivity index (χ0v) is 13.2. The summed E-state index contributed by atoms with van der Waals surface area (Å²) in [7, 11) is 0. The van der Waals surface area contributed by atoms with Gasteiger partial charge in [0.1, 0.15) is 5.76 Å². The van der Waals surface area contributed by atoms with Gasteiger partial charge in [0.05, 0.1) is 11.8 Å². The fraction of sp³-hybridized carbons (Fsp3) is 0.389. The molecule has 1 saturated heterocycles. The number of aryl methyl sites for hydroxylation is 2. The largest absolute Gasteiger partial charge is 0.469 e. The molecular formula is C18H22N2O2. The lowest BCUT2D eigenvalue weighted by Gasteiger charge is -2.28. The first-order valence-electron chi connectivity index (χ1n) is 7.86. The molecule has 0 radical (unpaired) electrons. The number of rotatable bonds is 3. The normalized spacial score (nSPS) is 14.9. The fourth-order valence-corrected chi connectivity index (χ4v) is 3.01. The van der Waals surface area contributed by atoms with Gasteiger partial charge in [0, 0.05) is 30.0 Å². The molecule has 0 unspecified atom stereocenters. The second-order valence-electron chi connectivity index (χ2n) is 5.90. The highest BCUT2D eigenvalue weighted by molar-refractivity contribution is 6.06. The van der Waals surface area contributed by atoms with Crippen LogP contribution >= 0.6 is 0 Å². The second-order valence-corrected chi connectivity index (χ2v) is 5.90. The van der Waals surface area contributed by atoms with Crippen molar-refractivity contribution in [2.24, 2.45) is 0 Å². The molecule has 0 bridgehead atoms. The zero-order chi connectivity index (χ0) is 15.5. The first kappa shape index (κ1) is 14.7. The van der Waals surface area contributed by atoms with Crippen LogP contribution in [0.15, 0.2) is 34.9 Å². The lowest BCUT2D eigenvalue weighted by atomic mass is 10.1. The summed E-state index contributed by atoms with van der Waals surface area (Å²) in [6.07, 6.45) is 5.47. The molecule has 1 aliphatic heterocycles. The van der Waals surface area contributed by atoms with E-state index in [4.69, 9.17) is 4.42 Å². The third-order valence-corrected chi connectivity index (χ3v) is 4.23. The van der Waals surface area contributed by atoms with Gasteiger partial charge in [-0.2, -0.15) is 0 Å². The van der Waals surface area contributed by atoms with Gasteiger partial charge in [-0.1, -0.05) is 0 Å². The maximum atomic E-state index is 12.3. The number of anilines is 2.